The number of hydrogen-bond donors (Lipinski definition) is 2. The second kappa shape index (κ2) is 6.93. The minimum atomic E-state index is -3.32. The maximum Gasteiger partial charge on any atom is 0.274 e. The molecule has 25 heavy (non-hydrogen) atoms. The van der Waals surface area contributed by atoms with Gasteiger partial charge in [0.25, 0.3) is 11.5 Å². The van der Waals surface area contributed by atoms with Crippen molar-refractivity contribution in [1.29, 1.82) is 0 Å². The molecule has 1 aromatic heterocycles. The molecule has 0 saturated carbocycles. The standard InChI is InChI=1S/C16H20N4O4S/c1-17-25(23,24)10-11-5-4-8-20(9-11)16(22)14-12-6-2-3-7-13(12)15(21)19-18-14/h2-3,6-7,11,17H,4-5,8-10H2,1H3,(H,19,21). The lowest BCUT2D eigenvalue weighted by atomic mass is 9.99. The zero-order chi connectivity index (χ0) is 18.0. The smallest absolute Gasteiger partial charge is 0.274 e. The van der Waals surface area contributed by atoms with Crippen LogP contribution < -0.4 is 10.3 Å². The van der Waals surface area contributed by atoms with Gasteiger partial charge in [-0.1, -0.05) is 18.2 Å². The highest BCUT2D eigenvalue weighted by Gasteiger charge is 2.29. The Kier molecular flexibility index (Phi) is 4.87. The third-order valence-corrected chi connectivity index (χ3v) is 6.00. The molecule has 3 rings (SSSR count). The number of likely N-dealkylation sites (tertiary alicyclic amines) is 1. The molecule has 0 radical (unpaired) electrons. The topological polar surface area (TPSA) is 112 Å². The molecule has 1 aliphatic heterocycles. The first-order chi connectivity index (χ1) is 11.9. The van der Waals surface area contributed by atoms with E-state index in [4.69, 9.17) is 0 Å². The molecule has 0 spiro atoms. The number of nitrogens with zero attached hydrogens (tertiary/aromatic N) is 2. The number of aromatic nitrogens is 2. The van der Waals surface area contributed by atoms with Gasteiger partial charge >= 0.3 is 0 Å². The molecule has 0 aliphatic carbocycles. The molecule has 1 amide bonds. The van der Waals surface area contributed by atoms with Gasteiger partial charge in [-0.05, 0) is 31.9 Å². The second-order valence-corrected chi connectivity index (χ2v) is 8.16. The number of nitrogens with one attached hydrogen (secondary N) is 2. The number of benzene rings is 1. The molecular formula is C16H20N4O4S. The van der Waals surface area contributed by atoms with E-state index in [2.05, 4.69) is 14.9 Å². The van der Waals surface area contributed by atoms with Crippen molar-refractivity contribution in [3.8, 4) is 0 Å². The van der Waals surface area contributed by atoms with E-state index in [9.17, 15) is 18.0 Å². The van der Waals surface area contributed by atoms with Crippen LogP contribution in [0, 0.1) is 5.92 Å². The van der Waals surface area contributed by atoms with E-state index in [1.807, 2.05) is 0 Å². The van der Waals surface area contributed by atoms with Gasteiger partial charge in [0.05, 0.1) is 11.1 Å². The summed E-state index contributed by atoms with van der Waals surface area (Å²) in [6.07, 6.45) is 1.49. The predicted octanol–water partition coefficient (Wildman–Crippen LogP) is 0.325. The van der Waals surface area contributed by atoms with Crippen molar-refractivity contribution >= 4 is 26.7 Å². The minimum absolute atomic E-state index is 0.00687. The van der Waals surface area contributed by atoms with Gasteiger partial charge in [0.15, 0.2) is 5.69 Å². The Morgan fingerprint density at radius 3 is 2.80 bits per heavy atom. The number of H-pyrrole nitrogens is 1. The lowest BCUT2D eigenvalue weighted by Crippen LogP contribution is -2.43. The minimum Gasteiger partial charge on any atom is -0.337 e. The monoisotopic (exact) mass is 364 g/mol. The van der Waals surface area contributed by atoms with Crippen LogP contribution in [0.3, 0.4) is 0 Å². The van der Waals surface area contributed by atoms with Crippen LogP contribution in [0.15, 0.2) is 29.1 Å². The summed E-state index contributed by atoms with van der Waals surface area (Å²) >= 11 is 0. The van der Waals surface area contributed by atoms with Crippen molar-refractivity contribution in [1.82, 2.24) is 19.8 Å². The summed E-state index contributed by atoms with van der Waals surface area (Å²) in [5, 5.41) is 7.21. The number of carbonyl (C=O) groups is 1. The van der Waals surface area contributed by atoms with Crippen LogP contribution in [0.1, 0.15) is 23.3 Å². The number of piperidine rings is 1. The summed E-state index contributed by atoms with van der Waals surface area (Å²) in [7, 11) is -1.94. The SMILES string of the molecule is CNS(=O)(=O)CC1CCCN(C(=O)c2n[nH]c(=O)c3ccccc23)C1. The van der Waals surface area contributed by atoms with Crippen LogP contribution >= 0.6 is 0 Å². The Hall–Kier alpha value is -2.26. The number of amides is 1. The first-order valence-electron chi connectivity index (χ1n) is 8.09. The van der Waals surface area contributed by atoms with E-state index in [-0.39, 0.29) is 28.8 Å². The fourth-order valence-electron chi connectivity index (χ4n) is 3.21. The molecule has 8 nitrogen and oxygen atoms in total. The van der Waals surface area contributed by atoms with Gasteiger partial charge < -0.3 is 4.90 Å². The quantitative estimate of drug-likeness (QED) is 0.812. The summed E-state index contributed by atoms with van der Waals surface area (Å²) in [4.78, 5) is 26.4. The molecule has 1 fully saturated rings. The molecule has 1 aliphatic rings. The second-order valence-electron chi connectivity index (χ2n) is 6.19. The van der Waals surface area contributed by atoms with Crippen LogP contribution in [-0.2, 0) is 10.0 Å². The lowest BCUT2D eigenvalue weighted by molar-refractivity contribution is 0.0679. The van der Waals surface area contributed by atoms with Crippen molar-refractivity contribution in [3.05, 3.63) is 40.3 Å². The van der Waals surface area contributed by atoms with E-state index < -0.39 is 10.0 Å². The number of hydrogen-bond acceptors (Lipinski definition) is 5. The summed E-state index contributed by atoms with van der Waals surface area (Å²) < 4.78 is 25.8. The maximum atomic E-state index is 12.9. The van der Waals surface area contributed by atoms with Crippen molar-refractivity contribution in [2.24, 2.45) is 5.92 Å². The van der Waals surface area contributed by atoms with Crippen LogP contribution in [0.2, 0.25) is 0 Å². The number of carbonyl (C=O) groups excluding carboxylic acids is 1. The third-order valence-electron chi connectivity index (χ3n) is 4.47. The average molecular weight is 364 g/mol. The van der Waals surface area contributed by atoms with E-state index in [1.165, 1.54) is 7.05 Å². The summed E-state index contributed by atoms with van der Waals surface area (Å²) in [5.74, 6) is -0.421. The van der Waals surface area contributed by atoms with Crippen LogP contribution in [0.5, 0.6) is 0 Å². The fraction of sp³-hybridized carbons (Fsp3) is 0.438. The number of aromatic amines is 1. The van der Waals surface area contributed by atoms with Gasteiger partial charge in [0, 0.05) is 18.5 Å². The molecule has 134 valence electrons. The number of rotatable bonds is 4. The highest BCUT2D eigenvalue weighted by molar-refractivity contribution is 7.89. The van der Waals surface area contributed by atoms with Gasteiger partial charge in [-0.3, -0.25) is 9.59 Å². The van der Waals surface area contributed by atoms with Gasteiger partial charge in [-0.2, -0.15) is 5.10 Å². The molecule has 1 saturated heterocycles. The Morgan fingerprint density at radius 1 is 1.36 bits per heavy atom. The average Bonchev–Trinajstić information content (AvgIpc) is 2.62. The fourth-order valence-corrected chi connectivity index (χ4v) is 4.27. The van der Waals surface area contributed by atoms with E-state index in [1.54, 1.807) is 29.2 Å². The zero-order valence-corrected chi connectivity index (χ0v) is 14.7. The number of sulfonamides is 1. The van der Waals surface area contributed by atoms with E-state index in [0.29, 0.717) is 23.9 Å². The Balaban J connectivity index is 1.86. The van der Waals surface area contributed by atoms with Gasteiger partial charge in [0.2, 0.25) is 10.0 Å². The van der Waals surface area contributed by atoms with E-state index in [0.717, 1.165) is 12.8 Å². The highest BCUT2D eigenvalue weighted by Crippen LogP contribution is 2.21. The molecule has 1 aromatic carbocycles. The normalized spacial score (nSPS) is 18.4. The van der Waals surface area contributed by atoms with Crippen LogP contribution in [0.4, 0.5) is 0 Å². The maximum absolute atomic E-state index is 12.9. The Morgan fingerprint density at radius 2 is 2.08 bits per heavy atom. The van der Waals surface area contributed by atoms with Crippen molar-refractivity contribution in [2.75, 3.05) is 25.9 Å². The first kappa shape index (κ1) is 17.6. The zero-order valence-electron chi connectivity index (χ0n) is 13.9. The highest BCUT2D eigenvalue weighted by atomic mass is 32.2. The lowest BCUT2D eigenvalue weighted by Gasteiger charge is -2.32. The summed E-state index contributed by atoms with van der Waals surface area (Å²) in [5.41, 5.74) is -0.156. The predicted molar refractivity (Wildman–Crippen MR) is 93.8 cm³/mol. The third kappa shape index (κ3) is 3.72. The van der Waals surface area contributed by atoms with Crippen molar-refractivity contribution in [2.45, 2.75) is 12.8 Å². The van der Waals surface area contributed by atoms with Gasteiger partial charge in [-0.15, -0.1) is 0 Å². The molecule has 2 aromatic rings. The molecule has 2 heterocycles. The Labute approximate surface area is 145 Å². The molecule has 9 heteroatoms. The van der Waals surface area contributed by atoms with Crippen LogP contribution in [-0.4, -0.2) is 55.3 Å². The largest absolute Gasteiger partial charge is 0.337 e. The van der Waals surface area contributed by atoms with E-state index >= 15 is 0 Å². The molecular weight excluding hydrogens is 344 g/mol. The Bertz CT molecular complexity index is 954. The van der Waals surface area contributed by atoms with Crippen molar-refractivity contribution in [3.63, 3.8) is 0 Å². The van der Waals surface area contributed by atoms with Gasteiger partial charge in [-0.25, -0.2) is 18.2 Å². The number of fused-ring (bicyclic) bond motifs is 1. The molecule has 2 N–H and O–H groups in total. The van der Waals surface area contributed by atoms with Crippen molar-refractivity contribution < 1.29 is 13.2 Å². The van der Waals surface area contributed by atoms with Crippen LogP contribution in [0.25, 0.3) is 10.8 Å². The molecule has 1 unspecified atom stereocenters. The molecule has 1 atom stereocenters. The molecule has 0 bridgehead atoms. The summed E-state index contributed by atoms with van der Waals surface area (Å²) in [6.45, 7) is 0.902. The summed E-state index contributed by atoms with van der Waals surface area (Å²) in [6, 6.07) is 6.81. The van der Waals surface area contributed by atoms with Gasteiger partial charge in [0.1, 0.15) is 0 Å². The first-order valence-corrected chi connectivity index (χ1v) is 9.74.